The number of carbonyl (C=O) groups is 2. The summed E-state index contributed by atoms with van der Waals surface area (Å²) in [6.45, 7) is 0.322. The van der Waals surface area contributed by atoms with Gasteiger partial charge in [-0.15, -0.1) is 0 Å². The molecule has 172 valence electrons. The highest BCUT2D eigenvalue weighted by atomic mass is 16.8. The van der Waals surface area contributed by atoms with Crippen molar-refractivity contribution in [1.29, 1.82) is 0 Å². The monoisotopic (exact) mass is 448 g/mol. The van der Waals surface area contributed by atoms with Gasteiger partial charge in [0, 0.05) is 0 Å². The Morgan fingerprint density at radius 3 is 1.38 bits per heavy atom. The summed E-state index contributed by atoms with van der Waals surface area (Å²) in [4.78, 5) is 25.2. The van der Waals surface area contributed by atoms with Crippen LogP contribution in [0.5, 0.6) is 23.0 Å². The number of rotatable bonds is 8. The van der Waals surface area contributed by atoms with Crippen molar-refractivity contribution in [3.8, 4) is 23.0 Å². The van der Waals surface area contributed by atoms with E-state index >= 15 is 0 Å². The third kappa shape index (κ3) is 5.21. The molecule has 2 atom stereocenters. The van der Waals surface area contributed by atoms with Crippen molar-refractivity contribution in [2.24, 2.45) is 0 Å². The summed E-state index contributed by atoms with van der Waals surface area (Å²) in [7, 11) is 5.88. The molecular formula is C22H24O10. The number of esters is 2. The first-order chi connectivity index (χ1) is 15.5. The standard InChI is InChI=1S/C22H24O10/c1-25-15-7-5-13(11-17(15)27-3)19(23)31-21-22(30-10-9-29-21)32-20(24)14-6-8-16(26-2)18(12-14)28-4/h5-8,11-12,21-22H,9-10H2,1-4H3. The largest absolute Gasteiger partial charge is 0.493 e. The molecule has 2 aromatic rings. The second-order valence-corrected chi connectivity index (χ2v) is 6.43. The highest BCUT2D eigenvalue weighted by molar-refractivity contribution is 5.91. The van der Waals surface area contributed by atoms with Gasteiger partial charge in [-0.1, -0.05) is 0 Å². The van der Waals surface area contributed by atoms with E-state index in [1.807, 2.05) is 0 Å². The molecule has 2 aromatic carbocycles. The molecule has 2 unspecified atom stereocenters. The number of ether oxygens (including phenoxy) is 8. The molecule has 0 amide bonds. The second kappa shape index (κ2) is 10.7. The van der Waals surface area contributed by atoms with E-state index in [4.69, 9.17) is 37.9 Å². The van der Waals surface area contributed by atoms with E-state index in [0.29, 0.717) is 23.0 Å². The summed E-state index contributed by atoms with van der Waals surface area (Å²) < 4.78 is 42.4. The number of benzene rings is 2. The van der Waals surface area contributed by atoms with Gasteiger partial charge >= 0.3 is 11.9 Å². The molecule has 3 rings (SSSR count). The molecule has 0 saturated carbocycles. The van der Waals surface area contributed by atoms with Gasteiger partial charge in [-0.3, -0.25) is 0 Å². The quantitative estimate of drug-likeness (QED) is 0.559. The van der Waals surface area contributed by atoms with Crippen LogP contribution in [0.15, 0.2) is 36.4 Å². The van der Waals surface area contributed by atoms with E-state index in [9.17, 15) is 9.59 Å². The molecule has 1 saturated heterocycles. The maximum absolute atomic E-state index is 12.6. The molecule has 0 bridgehead atoms. The Morgan fingerprint density at radius 1 is 0.656 bits per heavy atom. The number of hydrogen-bond donors (Lipinski definition) is 0. The molecule has 0 radical (unpaired) electrons. The zero-order chi connectivity index (χ0) is 23.1. The van der Waals surface area contributed by atoms with Crippen LogP contribution in [-0.4, -0.2) is 66.2 Å². The Morgan fingerprint density at radius 2 is 1.03 bits per heavy atom. The third-order valence-electron chi connectivity index (χ3n) is 4.55. The lowest BCUT2D eigenvalue weighted by Gasteiger charge is -2.30. The summed E-state index contributed by atoms with van der Waals surface area (Å²) >= 11 is 0. The van der Waals surface area contributed by atoms with Crippen molar-refractivity contribution in [2.75, 3.05) is 41.7 Å². The van der Waals surface area contributed by atoms with E-state index in [2.05, 4.69) is 0 Å². The highest BCUT2D eigenvalue weighted by Crippen LogP contribution is 2.29. The Balaban J connectivity index is 1.71. The first-order valence-electron chi connectivity index (χ1n) is 9.60. The molecule has 0 spiro atoms. The summed E-state index contributed by atoms with van der Waals surface area (Å²) in [6.07, 6.45) is -2.51. The topological polar surface area (TPSA) is 108 Å². The second-order valence-electron chi connectivity index (χ2n) is 6.43. The fourth-order valence-corrected chi connectivity index (χ4v) is 2.94. The number of carbonyl (C=O) groups excluding carboxylic acids is 2. The van der Waals surface area contributed by atoms with Crippen LogP contribution in [0.2, 0.25) is 0 Å². The first-order valence-corrected chi connectivity index (χ1v) is 9.60. The van der Waals surface area contributed by atoms with Crippen molar-refractivity contribution in [2.45, 2.75) is 12.6 Å². The molecule has 1 heterocycles. The van der Waals surface area contributed by atoms with Gasteiger partial charge in [0.15, 0.2) is 23.0 Å². The molecule has 0 aliphatic carbocycles. The molecular weight excluding hydrogens is 424 g/mol. The Bertz CT molecular complexity index is 880. The van der Waals surface area contributed by atoms with E-state index in [1.54, 1.807) is 12.1 Å². The zero-order valence-electron chi connectivity index (χ0n) is 18.1. The van der Waals surface area contributed by atoms with Gasteiger partial charge in [0.1, 0.15) is 0 Å². The SMILES string of the molecule is COc1ccc(C(=O)OC2OCCOC2OC(=O)c2ccc(OC)c(OC)c2)cc1OC. The molecule has 10 nitrogen and oxygen atoms in total. The van der Waals surface area contributed by atoms with Gasteiger partial charge in [-0.05, 0) is 36.4 Å². The lowest BCUT2D eigenvalue weighted by atomic mass is 10.2. The molecule has 1 aliphatic heterocycles. The van der Waals surface area contributed by atoms with Crippen LogP contribution >= 0.6 is 0 Å². The lowest BCUT2D eigenvalue weighted by Crippen LogP contribution is -2.44. The molecule has 1 aliphatic rings. The minimum Gasteiger partial charge on any atom is -0.493 e. The molecule has 1 fully saturated rings. The minimum atomic E-state index is -1.26. The smallest absolute Gasteiger partial charge is 0.340 e. The van der Waals surface area contributed by atoms with Gasteiger partial charge < -0.3 is 37.9 Å². The maximum atomic E-state index is 12.6. The third-order valence-corrected chi connectivity index (χ3v) is 4.55. The molecule has 32 heavy (non-hydrogen) atoms. The van der Waals surface area contributed by atoms with Gasteiger partial charge in [0.2, 0.25) is 0 Å². The average molecular weight is 448 g/mol. The first kappa shape index (κ1) is 23.2. The van der Waals surface area contributed by atoms with E-state index < -0.39 is 24.5 Å². The Labute approximate surface area is 184 Å². The summed E-state index contributed by atoms with van der Waals surface area (Å²) in [5.41, 5.74) is 0.392. The number of methoxy groups -OCH3 is 4. The van der Waals surface area contributed by atoms with Crippen LogP contribution in [0.3, 0.4) is 0 Å². The molecule has 0 aromatic heterocycles. The normalized spacial score (nSPS) is 17.8. The van der Waals surface area contributed by atoms with Gasteiger partial charge in [0.25, 0.3) is 12.6 Å². The van der Waals surface area contributed by atoms with Gasteiger partial charge in [-0.2, -0.15) is 0 Å². The van der Waals surface area contributed by atoms with Crippen LogP contribution in [0, 0.1) is 0 Å². The summed E-state index contributed by atoms with van der Waals surface area (Å²) in [5, 5.41) is 0. The Kier molecular flexibility index (Phi) is 7.74. The van der Waals surface area contributed by atoms with Gasteiger partial charge in [-0.25, -0.2) is 9.59 Å². The lowest BCUT2D eigenvalue weighted by molar-refractivity contribution is -0.288. The summed E-state index contributed by atoms with van der Waals surface area (Å²) in [5.74, 6) is 0.215. The van der Waals surface area contributed by atoms with Crippen LogP contribution in [0.1, 0.15) is 20.7 Å². The fraction of sp³-hybridized carbons (Fsp3) is 0.364. The van der Waals surface area contributed by atoms with Crippen molar-refractivity contribution >= 4 is 11.9 Å². The predicted octanol–water partition coefficient (Wildman–Crippen LogP) is 2.43. The van der Waals surface area contributed by atoms with Crippen molar-refractivity contribution in [1.82, 2.24) is 0 Å². The van der Waals surface area contributed by atoms with E-state index in [-0.39, 0.29) is 24.3 Å². The van der Waals surface area contributed by atoms with Crippen LogP contribution in [0.4, 0.5) is 0 Å². The average Bonchev–Trinajstić information content (AvgIpc) is 2.84. The minimum absolute atomic E-state index is 0.161. The van der Waals surface area contributed by atoms with E-state index in [0.717, 1.165) is 0 Å². The predicted molar refractivity (Wildman–Crippen MR) is 109 cm³/mol. The Hall–Kier alpha value is -3.50. The van der Waals surface area contributed by atoms with E-state index in [1.165, 1.54) is 52.7 Å². The molecule has 0 N–H and O–H groups in total. The highest BCUT2D eigenvalue weighted by Gasteiger charge is 2.34. The number of hydrogen-bond acceptors (Lipinski definition) is 10. The van der Waals surface area contributed by atoms with Crippen LogP contribution < -0.4 is 18.9 Å². The van der Waals surface area contributed by atoms with Crippen molar-refractivity contribution < 1.29 is 47.5 Å². The molecule has 10 heteroatoms. The maximum Gasteiger partial charge on any atom is 0.340 e. The zero-order valence-corrected chi connectivity index (χ0v) is 18.1. The van der Waals surface area contributed by atoms with Gasteiger partial charge in [0.05, 0.1) is 52.8 Å². The fourth-order valence-electron chi connectivity index (χ4n) is 2.94. The van der Waals surface area contributed by atoms with Crippen molar-refractivity contribution in [3.05, 3.63) is 47.5 Å². The summed E-state index contributed by atoms with van der Waals surface area (Å²) in [6, 6.07) is 9.10. The van der Waals surface area contributed by atoms with Crippen LogP contribution in [-0.2, 0) is 18.9 Å². The van der Waals surface area contributed by atoms with Crippen LogP contribution in [0.25, 0.3) is 0 Å². The van der Waals surface area contributed by atoms with Crippen molar-refractivity contribution in [3.63, 3.8) is 0 Å².